The van der Waals surface area contributed by atoms with Gasteiger partial charge in [0.15, 0.2) is 32.7 Å². The minimum absolute atomic E-state index is 0.0273. The molecule has 0 saturated carbocycles. The van der Waals surface area contributed by atoms with Gasteiger partial charge in [0, 0.05) is 36.0 Å². The highest BCUT2D eigenvalue weighted by atomic mass is 32.2. The number of benzene rings is 1. The molecule has 0 spiro atoms. The number of methoxy groups -OCH3 is 1. The number of pyridine rings is 1. The Kier molecular flexibility index (Phi) is 5.69. The zero-order chi connectivity index (χ0) is 18.6. The summed E-state index contributed by atoms with van der Waals surface area (Å²) in [4.78, 5) is 11.5. The topological polar surface area (TPSA) is 74.6 Å². The molecule has 0 aliphatic carbocycles. The van der Waals surface area contributed by atoms with E-state index >= 15 is 0 Å². The van der Waals surface area contributed by atoms with Gasteiger partial charge in [-0.1, -0.05) is 6.07 Å². The summed E-state index contributed by atoms with van der Waals surface area (Å²) >= 11 is 0. The normalized spacial score (nSPS) is 11.7. The fraction of sp³-hybridized carbons (Fsp3) is 0.278. The van der Waals surface area contributed by atoms with E-state index in [1.54, 1.807) is 24.3 Å². The molecule has 2 aromatic rings. The fourth-order valence-electron chi connectivity index (χ4n) is 2.35. The van der Waals surface area contributed by atoms with Gasteiger partial charge in [-0.2, -0.15) is 0 Å². The number of aromatic nitrogens is 1. The Hall–Kier alpha value is -2.54. The second-order valence-corrected chi connectivity index (χ2v) is 7.84. The van der Waals surface area contributed by atoms with E-state index < -0.39 is 15.8 Å². The van der Waals surface area contributed by atoms with E-state index in [-0.39, 0.29) is 5.43 Å². The molecule has 0 radical (unpaired) electrons. The number of rotatable bonds is 6. The third-order valence-corrected chi connectivity index (χ3v) is 4.04. The van der Waals surface area contributed by atoms with Crippen molar-refractivity contribution in [1.29, 1.82) is 0 Å². The van der Waals surface area contributed by atoms with Crippen LogP contribution in [0.5, 0.6) is 11.5 Å². The highest BCUT2D eigenvalue weighted by Gasteiger charge is 2.09. The third-order valence-electron chi connectivity index (χ3n) is 3.49. The summed E-state index contributed by atoms with van der Waals surface area (Å²) < 4.78 is 35.0. The Morgan fingerprint density at radius 3 is 2.28 bits per heavy atom. The lowest BCUT2D eigenvalue weighted by atomic mass is 10.2. The predicted octanol–water partition coefficient (Wildman–Crippen LogP) is 2.48. The van der Waals surface area contributed by atoms with Gasteiger partial charge in [-0.25, -0.2) is 8.42 Å². The molecule has 0 unspecified atom stereocenters. The smallest absolute Gasteiger partial charge is 0.189 e. The molecule has 0 bridgehead atoms. The number of sulfone groups is 1. The Balaban J connectivity index is 2.33. The minimum Gasteiger partial charge on any atom is -0.493 e. The van der Waals surface area contributed by atoms with Gasteiger partial charge in [0.25, 0.3) is 0 Å². The molecule has 0 saturated heterocycles. The van der Waals surface area contributed by atoms with E-state index in [4.69, 9.17) is 9.47 Å². The maximum absolute atomic E-state index is 11.5. The molecule has 1 aromatic heterocycles. The Morgan fingerprint density at radius 1 is 1.08 bits per heavy atom. The molecule has 1 heterocycles. The van der Waals surface area contributed by atoms with Crippen LogP contribution in [-0.4, -0.2) is 32.3 Å². The number of aryl methyl sites for hydroxylation is 2. The highest BCUT2D eigenvalue weighted by molar-refractivity contribution is 7.90. The van der Waals surface area contributed by atoms with E-state index in [1.165, 1.54) is 7.11 Å². The van der Waals surface area contributed by atoms with Crippen LogP contribution in [0.1, 0.15) is 17.0 Å². The van der Waals surface area contributed by atoms with E-state index in [0.717, 1.165) is 23.2 Å². The summed E-state index contributed by atoms with van der Waals surface area (Å²) in [5.41, 5.74) is 2.42. The van der Waals surface area contributed by atoms with Gasteiger partial charge in [-0.05, 0) is 37.6 Å². The molecule has 0 amide bonds. The average Bonchev–Trinajstić information content (AvgIpc) is 2.51. The van der Waals surface area contributed by atoms with Crippen molar-refractivity contribution in [3.8, 4) is 11.5 Å². The van der Waals surface area contributed by atoms with Crippen LogP contribution in [0.4, 0.5) is 0 Å². The first-order chi connectivity index (χ1) is 11.7. The first-order valence-corrected chi connectivity index (χ1v) is 9.62. The van der Waals surface area contributed by atoms with Crippen LogP contribution >= 0.6 is 0 Å². The van der Waals surface area contributed by atoms with Crippen molar-refractivity contribution in [2.75, 3.05) is 19.3 Å². The Labute approximate surface area is 147 Å². The van der Waals surface area contributed by atoms with Crippen LogP contribution in [0.15, 0.2) is 35.1 Å². The molecule has 25 heavy (non-hydrogen) atoms. The van der Waals surface area contributed by atoms with Gasteiger partial charge < -0.3 is 14.0 Å². The van der Waals surface area contributed by atoms with Crippen molar-refractivity contribution in [3.63, 3.8) is 0 Å². The van der Waals surface area contributed by atoms with Crippen molar-refractivity contribution in [3.05, 3.63) is 57.5 Å². The maximum atomic E-state index is 11.5. The summed E-state index contributed by atoms with van der Waals surface area (Å²) in [5.74, 6) is 0.383. The van der Waals surface area contributed by atoms with Gasteiger partial charge in [-0.3, -0.25) is 4.79 Å². The zero-order valence-corrected chi connectivity index (χ0v) is 15.5. The first-order valence-electron chi connectivity index (χ1n) is 7.56. The van der Waals surface area contributed by atoms with E-state index in [9.17, 15) is 13.2 Å². The van der Waals surface area contributed by atoms with Crippen LogP contribution in [0.2, 0.25) is 0 Å². The minimum atomic E-state index is -3.26. The van der Waals surface area contributed by atoms with Crippen LogP contribution in [0.25, 0.3) is 12.3 Å². The van der Waals surface area contributed by atoms with Crippen LogP contribution in [0, 0.1) is 13.8 Å². The number of ether oxygens (including phenoxy) is 2. The average molecular weight is 363 g/mol. The molecular formula is C18H21NO5S. The maximum Gasteiger partial charge on any atom is 0.189 e. The standard InChI is InChI=1S/C18H21NO5S/c1-13-9-16(20)10-14(2)19(13)8-7-15-5-6-17(23-3)18(11-15)24-12-25(4,21)22/h5-11H,12H2,1-4H3. The monoisotopic (exact) mass is 363 g/mol. The van der Waals surface area contributed by atoms with Crippen LogP contribution in [-0.2, 0) is 9.84 Å². The van der Waals surface area contributed by atoms with Crippen molar-refractivity contribution in [2.24, 2.45) is 0 Å². The SMILES string of the molecule is COc1ccc(C=Cn2c(C)cc(=O)cc2C)cc1OCS(C)(=O)=O. The third kappa shape index (κ3) is 5.22. The molecule has 0 fully saturated rings. The van der Waals surface area contributed by atoms with Gasteiger partial charge in [0.05, 0.1) is 7.11 Å². The molecule has 1 aromatic carbocycles. The van der Waals surface area contributed by atoms with Gasteiger partial charge in [0.1, 0.15) is 0 Å². The van der Waals surface area contributed by atoms with Crippen LogP contribution < -0.4 is 14.9 Å². The quantitative estimate of drug-likeness (QED) is 0.788. The molecule has 0 aliphatic rings. The van der Waals surface area contributed by atoms with Crippen molar-refractivity contribution in [2.45, 2.75) is 13.8 Å². The molecular weight excluding hydrogens is 342 g/mol. The fourth-order valence-corrected chi connectivity index (χ4v) is 2.69. The lowest BCUT2D eigenvalue weighted by molar-refractivity contribution is 0.337. The Morgan fingerprint density at radius 2 is 1.72 bits per heavy atom. The predicted molar refractivity (Wildman–Crippen MR) is 98.7 cm³/mol. The van der Waals surface area contributed by atoms with Crippen LogP contribution in [0.3, 0.4) is 0 Å². The molecule has 0 N–H and O–H groups in total. The summed E-state index contributed by atoms with van der Waals surface area (Å²) in [6.45, 7) is 3.71. The molecule has 134 valence electrons. The molecule has 0 atom stereocenters. The summed E-state index contributed by atoms with van der Waals surface area (Å²) in [6, 6.07) is 8.37. The molecule has 2 rings (SSSR count). The van der Waals surface area contributed by atoms with E-state index in [2.05, 4.69) is 0 Å². The summed E-state index contributed by atoms with van der Waals surface area (Å²) in [6.07, 6.45) is 4.79. The number of hydrogen-bond donors (Lipinski definition) is 0. The first kappa shape index (κ1) is 18.8. The number of nitrogens with zero attached hydrogens (tertiary/aromatic N) is 1. The van der Waals surface area contributed by atoms with Gasteiger partial charge in [0.2, 0.25) is 0 Å². The second-order valence-electron chi connectivity index (χ2n) is 5.76. The van der Waals surface area contributed by atoms with E-state index in [0.29, 0.717) is 11.5 Å². The van der Waals surface area contributed by atoms with Crippen molar-refractivity contribution >= 4 is 22.1 Å². The van der Waals surface area contributed by atoms with Crippen molar-refractivity contribution in [1.82, 2.24) is 4.57 Å². The zero-order valence-electron chi connectivity index (χ0n) is 14.6. The largest absolute Gasteiger partial charge is 0.493 e. The molecule has 7 heteroatoms. The molecule has 0 aliphatic heterocycles. The molecule has 6 nitrogen and oxygen atoms in total. The lowest BCUT2D eigenvalue weighted by Crippen LogP contribution is -2.10. The Bertz CT molecular complexity index is 932. The van der Waals surface area contributed by atoms with Gasteiger partial charge in [-0.15, -0.1) is 0 Å². The van der Waals surface area contributed by atoms with Crippen molar-refractivity contribution < 1.29 is 17.9 Å². The summed E-state index contributed by atoms with van der Waals surface area (Å²) in [7, 11) is -1.77. The highest BCUT2D eigenvalue weighted by Crippen LogP contribution is 2.29. The second kappa shape index (κ2) is 7.57. The lowest BCUT2D eigenvalue weighted by Gasteiger charge is -2.11. The summed E-state index contributed by atoms with van der Waals surface area (Å²) in [5, 5.41) is 0. The number of hydrogen-bond acceptors (Lipinski definition) is 5. The van der Waals surface area contributed by atoms with E-state index in [1.807, 2.05) is 36.8 Å². The van der Waals surface area contributed by atoms with Gasteiger partial charge >= 0.3 is 0 Å².